The van der Waals surface area contributed by atoms with E-state index in [9.17, 15) is 19.2 Å². The van der Waals surface area contributed by atoms with Crippen LogP contribution in [0.2, 0.25) is 5.02 Å². The van der Waals surface area contributed by atoms with Gasteiger partial charge in [-0.1, -0.05) is 63.6 Å². The SMILES string of the molecule is CN=CC(=C\N)/C=C/C(C)CC/C=C/C(=O)NCC(=O)NCC(C)C(=O)OC(CC(C)C)C(=O)O.COc1ccc(C)cc1Cl. The lowest BCUT2D eigenvalue weighted by Gasteiger charge is -2.18. The van der Waals surface area contributed by atoms with E-state index in [1.54, 1.807) is 26.4 Å². The van der Waals surface area contributed by atoms with Crippen molar-refractivity contribution in [3.8, 4) is 5.75 Å². The number of methoxy groups -OCH3 is 1. The van der Waals surface area contributed by atoms with Crippen molar-refractivity contribution in [1.29, 1.82) is 0 Å². The van der Waals surface area contributed by atoms with Crippen molar-refractivity contribution in [2.24, 2.45) is 28.5 Å². The lowest BCUT2D eigenvalue weighted by atomic mass is 10.0. The summed E-state index contributed by atoms with van der Waals surface area (Å²) in [5.74, 6) is -2.46. The first kappa shape index (κ1) is 40.9. The number of carbonyl (C=O) groups is 4. The lowest BCUT2D eigenvalue weighted by molar-refractivity contribution is -0.167. The van der Waals surface area contributed by atoms with Crippen molar-refractivity contribution in [2.45, 2.75) is 60.0 Å². The van der Waals surface area contributed by atoms with Gasteiger partial charge in [0.05, 0.1) is 24.6 Å². The lowest BCUT2D eigenvalue weighted by Crippen LogP contribution is -2.40. The average Bonchev–Trinajstić information content (AvgIpc) is 2.98. The van der Waals surface area contributed by atoms with Gasteiger partial charge in [-0.2, -0.15) is 0 Å². The minimum absolute atomic E-state index is 0.0338. The number of aliphatic imine (C=N–C) groups is 1. The van der Waals surface area contributed by atoms with Gasteiger partial charge in [0, 0.05) is 31.6 Å². The number of aliphatic carboxylic acids is 1. The van der Waals surface area contributed by atoms with Crippen LogP contribution in [-0.4, -0.2) is 68.4 Å². The molecule has 1 aromatic carbocycles. The number of carboxylic acids is 1. The Bertz CT molecular complexity index is 1210. The number of nitrogens with one attached hydrogen (secondary N) is 2. The number of halogens is 1. The molecular formula is C33H49ClN4O7. The third kappa shape index (κ3) is 19.7. The summed E-state index contributed by atoms with van der Waals surface area (Å²) in [6.07, 6.45) is 10.7. The molecule has 0 spiro atoms. The van der Waals surface area contributed by atoms with E-state index in [2.05, 4.69) is 22.5 Å². The van der Waals surface area contributed by atoms with Crippen LogP contribution in [0.4, 0.5) is 0 Å². The van der Waals surface area contributed by atoms with E-state index < -0.39 is 35.8 Å². The van der Waals surface area contributed by atoms with Crippen LogP contribution in [0.1, 0.15) is 52.5 Å². The highest BCUT2D eigenvalue weighted by Gasteiger charge is 2.26. The molecule has 250 valence electrons. The zero-order valence-corrected chi connectivity index (χ0v) is 28.1. The van der Waals surface area contributed by atoms with Crippen LogP contribution >= 0.6 is 11.6 Å². The molecule has 0 aliphatic heterocycles. The summed E-state index contributed by atoms with van der Waals surface area (Å²) < 4.78 is 10.0. The maximum atomic E-state index is 12.1. The highest BCUT2D eigenvalue weighted by molar-refractivity contribution is 6.32. The van der Waals surface area contributed by atoms with Crippen LogP contribution in [0.15, 0.2) is 59.3 Å². The first-order valence-corrected chi connectivity index (χ1v) is 15.1. The number of aryl methyl sites for hydroxylation is 1. The largest absolute Gasteiger partial charge is 0.495 e. The fraction of sp³-hybridized carbons (Fsp3) is 0.485. The molecule has 45 heavy (non-hydrogen) atoms. The van der Waals surface area contributed by atoms with Gasteiger partial charge in [0.1, 0.15) is 5.75 Å². The Balaban J connectivity index is 0.00000162. The maximum Gasteiger partial charge on any atom is 0.345 e. The molecule has 1 rings (SSSR count). The van der Waals surface area contributed by atoms with Crippen LogP contribution in [0.25, 0.3) is 0 Å². The number of carboxylic acid groups (broad SMARTS) is 1. The van der Waals surface area contributed by atoms with Crippen molar-refractivity contribution in [3.63, 3.8) is 0 Å². The number of ether oxygens (including phenoxy) is 2. The van der Waals surface area contributed by atoms with Gasteiger partial charge in [0.2, 0.25) is 11.8 Å². The molecule has 2 amide bonds. The molecule has 0 saturated heterocycles. The van der Waals surface area contributed by atoms with Gasteiger partial charge in [0.15, 0.2) is 6.10 Å². The summed E-state index contributed by atoms with van der Waals surface area (Å²) in [6.45, 7) is 8.95. The Hall–Kier alpha value is -4.12. The van der Waals surface area contributed by atoms with Gasteiger partial charge in [-0.3, -0.25) is 19.4 Å². The first-order chi connectivity index (χ1) is 21.2. The van der Waals surface area contributed by atoms with Gasteiger partial charge in [0.25, 0.3) is 0 Å². The fourth-order valence-electron chi connectivity index (χ4n) is 3.51. The molecule has 1 aromatic rings. The van der Waals surface area contributed by atoms with E-state index in [1.807, 2.05) is 51.1 Å². The standard InChI is InChI=1S/C25H40N4O6.C8H9ClO/c1-17(2)12-21(24(32)33)35-25(34)19(4)14-28-23(31)16-29-22(30)9-7-6-8-18(3)10-11-20(13-26)15-27-5;1-6-3-4-8(10-2)7(9)5-6/h7,9-11,13,15,17-19,21H,6,8,12,14,16,26H2,1-5H3,(H,28,31)(H,29,30)(H,32,33);3-5H,1-2H3/b9-7+,11-10+,20-13-,27-15?;. The molecule has 0 saturated carbocycles. The molecule has 3 atom stereocenters. The first-order valence-electron chi connectivity index (χ1n) is 14.7. The highest BCUT2D eigenvalue weighted by atomic mass is 35.5. The van der Waals surface area contributed by atoms with Crippen LogP contribution in [0, 0.1) is 24.7 Å². The van der Waals surface area contributed by atoms with E-state index in [1.165, 1.54) is 19.2 Å². The molecule has 0 aliphatic rings. The maximum absolute atomic E-state index is 12.1. The topological polar surface area (TPSA) is 169 Å². The molecule has 0 bridgehead atoms. The van der Waals surface area contributed by atoms with E-state index in [0.29, 0.717) is 11.4 Å². The average molecular weight is 649 g/mol. The van der Waals surface area contributed by atoms with Crippen LogP contribution in [0.3, 0.4) is 0 Å². The Kier molecular flexibility index (Phi) is 21.2. The van der Waals surface area contributed by atoms with Crippen molar-refractivity contribution in [3.05, 3.63) is 64.9 Å². The van der Waals surface area contributed by atoms with Crippen LogP contribution in [-0.2, 0) is 23.9 Å². The number of allylic oxidation sites excluding steroid dienone is 4. The van der Waals surface area contributed by atoms with Gasteiger partial charge < -0.3 is 30.9 Å². The normalized spacial score (nSPS) is 13.7. The van der Waals surface area contributed by atoms with E-state index in [-0.39, 0.29) is 31.3 Å². The van der Waals surface area contributed by atoms with Crippen LogP contribution < -0.4 is 21.1 Å². The van der Waals surface area contributed by atoms with Gasteiger partial charge >= 0.3 is 11.9 Å². The second-order valence-corrected chi connectivity index (χ2v) is 11.2. The predicted molar refractivity (Wildman–Crippen MR) is 178 cm³/mol. The summed E-state index contributed by atoms with van der Waals surface area (Å²) in [7, 11) is 3.28. The number of hydrogen-bond acceptors (Lipinski definition) is 8. The van der Waals surface area contributed by atoms with E-state index >= 15 is 0 Å². The third-order valence-corrected chi connectivity index (χ3v) is 6.40. The molecule has 0 aromatic heterocycles. The number of hydrogen-bond donors (Lipinski definition) is 4. The number of amides is 2. The molecule has 11 nitrogen and oxygen atoms in total. The molecule has 0 heterocycles. The Morgan fingerprint density at radius 3 is 2.36 bits per heavy atom. The summed E-state index contributed by atoms with van der Waals surface area (Å²) >= 11 is 5.80. The van der Waals surface area contributed by atoms with Gasteiger partial charge in [-0.25, -0.2) is 4.79 Å². The van der Waals surface area contributed by atoms with Crippen molar-refractivity contribution >= 4 is 41.6 Å². The molecular weight excluding hydrogens is 600 g/mol. The van der Waals surface area contributed by atoms with Gasteiger partial charge in [-0.05, 0) is 61.8 Å². The number of esters is 1. The zero-order chi connectivity index (χ0) is 34.4. The minimum Gasteiger partial charge on any atom is -0.495 e. The third-order valence-electron chi connectivity index (χ3n) is 6.10. The van der Waals surface area contributed by atoms with Gasteiger partial charge in [-0.15, -0.1) is 0 Å². The smallest absolute Gasteiger partial charge is 0.345 e. The second-order valence-electron chi connectivity index (χ2n) is 10.8. The second kappa shape index (κ2) is 23.3. The zero-order valence-electron chi connectivity index (χ0n) is 27.3. The fourth-order valence-corrected chi connectivity index (χ4v) is 3.82. The van der Waals surface area contributed by atoms with Crippen molar-refractivity contribution in [2.75, 3.05) is 27.2 Å². The molecule has 0 radical (unpaired) electrons. The summed E-state index contributed by atoms with van der Waals surface area (Å²) in [4.78, 5) is 51.0. The van der Waals surface area contributed by atoms with Crippen molar-refractivity contribution < 1.29 is 33.8 Å². The number of rotatable bonds is 17. The molecule has 0 aliphatic carbocycles. The summed E-state index contributed by atoms with van der Waals surface area (Å²) in [5, 5.41) is 14.8. The number of benzene rings is 1. The monoisotopic (exact) mass is 648 g/mol. The highest BCUT2D eigenvalue weighted by Crippen LogP contribution is 2.24. The van der Waals surface area contributed by atoms with E-state index in [4.69, 9.17) is 31.9 Å². The molecule has 3 unspecified atom stereocenters. The minimum atomic E-state index is -1.22. The summed E-state index contributed by atoms with van der Waals surface area (Å²) in [5.41, 5.74) is 7.47. The number of nitrogens with zero attached hydrogens (tertiary/aromatic N) is 1. The summed E-state index contributed by atoms with van der Waals surface area (Å²) in [6, 6.07) is 5.70. The van der Waals surface area contributed by atoms with Crippen LogP contribution in [0.5, 0.6) is 5.75 Å². The predicted octanol–water partition coefficient (Wildman–Crippen LogP) is 4.63. The molecule has 5 N–H and O–H groups in total. The Morgan fingerprint density at radius 1 is 1.11 bits per heavy atom. The number of nitrogens with two attached hydrogens (primary N) is 1. The Morgan fingerprint density at radius 2 is 1.80 bits per heavy atom. The molecule has 0 fully saturated rings. The quantitative estimate of drug-likeness (QED) is 0.0820. The van der Waals surface area contributed by atoms with Crippen molar-refractivity contribution in [1.82, 2.24) is 10.6 Å². The Labute approximate surface area is 272 Å². The van der Waals surface area contributed by atoms with E-state index in [0.717, 1.165) is 23.3 Å². The molecule has 12 heteroatoms. The number of carbonyl (C=O) groups excluding carboxylic acids is 3.